The van der Waals surface area contributed by atoms with Crippen LogP contribution in [-0.2, 0) is 16.6 Å². The van der Waals surface area contributed by atoms with Gasteiger partial charge in [-0.25, -0.2) is 13.1 Å². The number of likely N-dealkylation sites (N-methyl/N-ethyl adjacent to an activating group) is 1. The molecule has 3 N–H and O–H groups in total. The molecule has 0 amide bonds. The topological polar surface area (TPSA) is 93.2 Å². The van der Waals surface area contributed by atoms with Crippen molar-refractivity contribution in [3.8, 4) is 0 Å². The third-order valence-corrected chi connectivity index (χ3v) is 4.95. The second-order valence-electron chi connectivity index (χ2n) is 4.87. The van der Waals surface area contributed by atoms with E-state index >= 15 is 0 Å². The number of nitrogens with two attached hydrogens (primary N) is 1. The molecule has 0 saturated carbocycles. The fourth-order valence-corrected chi connectivity index (χ4v) is 2.85. The second-order valence-corrected chi connectivity index (χ2v) is 6.61. The zero-order valence-electron chi connectivity index (χ0n) is 12.6. The molecule has 20 heavy (non-hydrogen) atoms. The highest BCUT2D eigenvalue weighted by Crippen LogP contribution is 2.15. The molecule has 0 aliphatic rings. The predicted molar refractivity (Wildman–Crippen MR) is 79.9 cm³/mol. The summed E-state index contributed by atoms with van der Waals surface area (Å²) < 4.78 is 28.4. The third kappa shape index (κ3) is 4.19. The highest BCUT2D eigenvalue weighted by Gasteiger charge is 2.20. The molecule has 0 aromatic carbocycles. The minimum Gasteiger partial charge on any atom is -0.381 e. The van der Waals surface area contributed by atoms with Gasteiger partial charge >= 0.3 is 0 Å². The maximum Gasteiger partial charge on any atom is 0.245 e. The van der Waals surface area contributed by atoms with E-state index in [0.717, 1.165) is 6.42 Å². The summed E-state index contributed by atoms with van der Waals surface area (Å²) in [7, 11) is -1.62. The summed E-state index contributed by atoms with van der Waals surface area (Å²) in [4.78, 5) is 2.16. The molecule has 1 heterocycles. The van der Waals surface area contributed by atoms with Crippen LogP contribution in [0.1, 0.15) is 27.2 Å². The lowest BCUT2D eigenvalue weighted by molar-refractivity contribution is 0.256. The average molecular weight is 303 g/mol. The van der Waals surface area contributed by atoms with Crippen molar-refractivity contribution in [3.05, 3.63) is 6.20 Å². The van der Waals surface area contributed by atoms with E-state index in [1.165, 1.54) is 10.9 Å². The molecule has 0 saturated heterocycles. The van der Waals surface area contributed by atoms with Gasteiger partial charge < -0.3 is 10.6 Å². The van der Waals surface area contributed by atoms with Crippen molar-refractivity contribution in [2.24, 2.45) is 0 Å². The summed E-state index contributed by atoms with van der Waals surface area (Å²) in [6.45, 7) is 7.66. The molecule has 1 rings (SSSR count). The van der Waals surface area contributed by atoms with Crippen molar-refractivity contribution in [3.63, 3.8) is 0 Å². The number of aryl methyl sites for hydroxylation is 1. The minimum absolute atomic E-state index is 0.0367. The molecular formula is C12H25N5O2S. The van der Waals surface area contributed by atoms with E-state index in [1.807, 2.05) is 14.0 Å². The lowest BCUT2D eigenvalue weighted by Crippen LogP contribution is -2.37. The summed E-state index contributed by atoms with van der Waals surface area (Å²) >= 11 is 0. The summed E-state index contributed by atoms with van der Waals surface area (Å²) in [5.41, 5.74) is 5.64. The van der Waals surface area contributed by atoms with E-state index in [4.69, 9.17) is 5.73 Å². The molecule has 1 atom stereocenters. The normalized spacial score (nSPS) is 13.8. The van der Waals surface area contributed by atoms with Crippen molar-refractivity contribution in [1.29, 1.82) is 0 Å². The summed E-state index contributed by atoms with van der Waals surface area (Å²) in [6.07, 6.45) is 2.48. The van der Waals surface area contributed by atoms with Crippen molar-refractivity contribution < 1.29 is 8.42 Å². The molecule has 0 radical (unpaired) electrons. The number of aromatic nitrogens is 2. The van der Waals surface area contributed by atoms with Crippen molar-refractivity contribution in [2.45, 2.75) is 44.7 Å². The van der Waals surface area contributed by atoms with Gasteiger partial charge in [-0.2, -0.15) is 5.10 Å². The van der Waals surface area contributed by atoms with Crippen LogP contribution in [0.25, 0.3) is 0 Å². The van der Waals surface area contributed by atoms with Crippen LogP contribution in [0.5, 0.6) is 0 Å². The number of hydrogen-bond acceptors (Lipinski definition) is 5. The van der Waals surface area contributed by atoms with Crippen molar-refractivity contribution in [1.82, 2.24) is 19.4 Å². The quantitative estimate of drug-likeness (QED) is 0.729. The van der Waals surface area contributed by atoms with E-state index in [-0.39, 0.29) is 10.7 Å². The molecule has 0 aliphatic heterocycles. The molecule has 1 aromatic heterocycles. The molecule has 8 heteroatoms. The number of nitrogens with zero attached hydrogens (tertiary/aromatic N) is 3. The number of sulfonamides is 1. The number of hydrogen-bond donors (Lipinski definition) is 2. The highest BCUT2D eigenvalue weighted by molar-refractivity contribution is 7.89. The third-order valence-electron chi connectivity index (χ3n) is 3.47. The zero-order valence-corrected chi connectivity index (χ0v) is 13.4. The summed E-state index contributed by atoms with van der Waals surface area (Å²) in [6, 6.07) is 0.424. The fourth-order valence-electron chi connectivity index (χ4n) is 1.75. The first-order valence-corrected chi connectivity index (χ1v) is 8.33. The average Bonchev–Trinajstić information content (AvgIpc) is 2.79. The van der Waals surface area contributed by atoms with E-state index in [2.05, 4.69) is 28.6 Å². The zero-order chi connectivity index (χ0) is 15.3. The first-order chi connectivity index (χ1) is 9.31. The van der Waals surface area contributed by atoms with E-state index < -0.39 is 10.0 Å². The van der Waals surface area contributed by atoms with Gasteiger partial charge in [-0.3, -0.25) is 4.68 Å². The molecule has 0 bridgehead atoms. The van der Waals surface area contributed by atoms with Crippen LogP contribution in [0.4, 0.5) is 5.82 Å². The van der Waals surface area contributed by atoms with Gasteiger partial charge in [0.25, 0.3) is 0 Å². The van der Waals surface area contributed by atoms with Gasteiger partial charge in [-0.05, 0) is 27.3 Å². The van der Waals surface area contributed by atoms with E-state index in [0.29, 0.717) is 25.7 Å². The summed E-state index contributed by atoms with van der Waals surface area (Å²) in [5.74, 6) is 0.0367. The fraction of sp³-hybridized carbons (Fsp3) is 0.750. The van der Waals surface area contributed by atoms with E-state index in [1.54, 1.807) is 0 Å². The number of anilines is 1. The Balaban J connectivity index is 2.64. The van der Waals surface area contributed by atoms with Gasteiger partial charge in [-0.15, -0.1) is 0 Å². The molecular weight excluding hydrogens is 278 g/mol. The van der Waals surface area contributed by atoms with Gasteiger partial charge in [0.1, 0.15) is 4.90 Å². The molecule has 0 spiro atoms. The Hall–Kier alpha value is -1.12. The maximum absolute atomic E-state index is 12.1. The second kappa shape index (κ2) is 7.05. The molecule has 1 unspecified atom stereocenters. The Bertz CT molecular complexity index is 526. The Kier molecular flexibility index (Phi) is 5.97. The lowest BCUT2D eigenvalue weighted by Gasteiger charge is -2.23. The van der Waals surface area contributed by atoms with Crippen molar-refractivity contribution in [2.75, 3.05) is 25.9 Å². The number of nitrogens with one attached hydrogen (secondary N) is 1. The molecule has 1 aromatic rings. The van der Waals surface area contributed by atoms with Gasteiger partial charge in [0.2, 0.25) is 10.0 Å². The lowest BCUT2D eigenvalue weighted by atomic mass is 10.2. The first-order valence-electron chi connectivity index (χ1n) is 6.84. The molecule has 116 valence electrons. The monoisotopic (exact) mass is 303 g/mol. The Morgan fingerprint density at radius 1 is 1.50 bits per heavy atom. The van der Waals surface area contributed by atoms with Gasteiger partial charge in [0, 0.05) is 31.9 Å². The van der Waals surface area contributed by atoms with Crippen LogP contribution < -0.4 is 10.5 Å². The SMILES string of the molecule is CCC(C)N(C)CCNS(=O)(=O)c1cn(CC)nc1N. The molecule has 7 nitrogen and oxygen atoms in total. The van der Waals surface area contributed by atoms with Crippen LogP contribution in [0.2, 0.25) is 0 Å². The Labute approximate surface area is 121 Å². The number of rotatable bonds is 8. The number of nitrogen functional groups attached to an aromatic ring is 1. The van der Waals surface area contributed by atoms with Gasteiger partial charge in [0.05, 0.1) is 0 Å². The van der Waals surface area contributed by atoms with Crippen LogP contribution in [-0.4, -0.2) is 49.3 Å². The van der Waals surface area contributed by atoms with Gasteiger partial charge in [0.15, 0.2) is 5.82 Å². The standard InChI is InChI=1S/C12H25N5O2S/c1-5-10(3)16(4)8-7-14-20(18,19)11-9-17(6-2)15-12(11)13/h9-10,14H,5-8H2,1-4H3,(H2,13,15). The van der Waals surface area contributed by atoms with Gasteiger partial charge in [-0.1, -0.05) is 6.92 Å². The molecule has 0 aliphatic carbocycles. The van der Waals surface area contributed by atoms with E-state index in [9.17, 15) is 8.42 Å². The summed E-state index contributed by atoms with van der Waals surface area (Å²) in [5, 5.41) is 3.94. The Morgan fingerprint density at radius 2 is 2.15 bits per heavy atom. The van der Waals surface area contributed by atoms with Crippen LogP contribution >= 0.6 is 0 Å². The van der Waals surface area contributed by atoms with Crippen molar-refractivity contribution >= 4 is 15.8 Å². The van der Waals surface area contributed by atoms with Crippen LogP contribution in [0, 0.1) is 0 Å². The smallest absolute Gasteiger partial charge is 0.245 e. The maximum atomic E-state index is 12.1. The predicted octanol–water partition coefficient (Wildman–Crippen LogP) is 0.494. The highest BCUT2D eigenvalue weighted by atomic mass is 32.2. The van der Waals surface area contributed by atoms with Crippen LogP contribution in [0.15, 0.2) is 11.1 Å². The first kappa shape index (κ1) is 16.9. The van der Waals surface area contributed by atoms with Crippen LogP contribution in [0.3, 0.4) is 0 Å². The minimum atomic E-state index is -3.59. The Morgan fingerprint density at radius 3 is 2.65 bits per heavy atom. The largest absolute Gasteiger partial charge is 0.381 e. The molecule has 0 fully saturated rings.